The van der Waals surface area contributed by atoms with Crippen LogP contribution >= 0.6 is 0 Å². The number of aryl methyl sites for hydroxylation is 1. The summed E-state index contributed by atoms with van der Waals surface area (Å²) in [6.07, 6.45) is 8.59. The van der Waals surface area contributed by atoms with Crippen molar-refractivity contribution in [2.24, 2.45) is 5.92 Å². The van der Waals surface area contributed by atoms with Gasteiger partial charge in [-0.25, -0.2) is 18.4 Å². The molecule has 1 amide bonds. The van der Waals surface area contributed by atoms with Gasteiger partial charge in [-0.3, -0.25) is 13.7 Å². The van der Waals surface area contributed by atoms with Gasteiger partial charge in [0.2, 0.25) is 15.9 Å². The first-order valence-electron chi connectivity index (χ1n) is 14.5. The monoisotopic (exact) mass is 582 g/mol. The molecule has 0 radical (unpaired) electrons. The summed E-state index contributed by atoms with van der Waals surface area (Å²) in [6.45, 7) is 3.29. The van der Waals surface area contributed by atoms with Crippen LogP contribution in [0, 0.1) is 12.8 Å². The molecule has 4 heterocycles. The van der Waals surface area contributed by atoms with Crippen molar-refractivity contribution in [2.75, 3.05) is 41.5 Å². The van der Waals surface area contributed by atoms with Gasteiger partial charge in [0.25, 0.3) is 0 Å². The summed E-state index contributed by atoms with van der Waals surface area (Å²) in [5.41, 5.74) is 3.87. The quantitative estimate of drug-likeness (QED) is 0.373. The Kier molecular flexibility index (Phi) is 7.64. The van der Waals surface area contributed by atoms with Crippen molar-refractivity contribution in [3.8, 4) is 0 Å². The van der Waals surface area contributed by atoms with Crippen molar-refractivity contribution >= 4 is 50.0 Å². The lowest BCUT2D eigenvalue weighted by Gasteiger charge is -2.26. The molecule has 0 spiro atoms. The zero-order valence-corrected chi connectivity index (χ0v) is 24.7. The van der Waals surface area contributed by atoms with E-state index in [0.717, 1.165) is 62.8 Å². The maximum atomic E-state index is 12.7. The molecule has 1 saturated carbocycles. The Labute approximate surface area is 240 Å². The highest BCUT2D eigenvalue weighted by molar-refractivity contribution is 7.92. The number of nitrogens with zero attached hydrogens (tertiary/aromatic N) is 4. The number of hydrogen-bond acceptors (Lipinski definition) is 8. The van der Waals surface area contributed by atoms with Crippen LogP contribution in [0.3, 0.4) is 0 Å². The van der Waals surface area contributed by atoms with Gasteiger partial charge in [0, 0.05) is 32.2 Å². The molecule has 6 rings (SSSR count). The minimum atomic E-state index is -3.56. The second-order valence-corrected chi connectivity index (χ2v) is 13.3. The molecule has 220 valence electrons. The number of sulfonamides is 1. The van der Waals surface area contributed by atoms with E-state index in [1.54, 1.807) is 13.1 Å². The van der Waals surface area contributed by atoms with Crippen molar-refractivity contribution in [3.05, 3.63) is 35.7 Å². The van der Waals surface area contributed by atoms with Gasteiger partial charge in [0.15, 0.2) is 5.65 Å². The van der Waals surface area contributed by atoms with Gasteiger partial charge < -0.3 is 20.1 Å². The fraction of sp³-hybridized carbons (Fsp3) is 0.552. The van der Waals surface area contributed by atoms with E-state index < -0.39 is 10.0 Å². The summed E-state index contributed by atoms with van der Waals surface area (Å²) in [6, 6.07) is 7.51. The zero-order chi connectivity index (χ0) is 28.7. The molecule has 2 unspecified atom stereocenters. The van der Waals surface area contributed by atoms with Gasteiger partial charge >= 0.3 is 0 Å². The van der Waals surface area contributed by atoms with Gasteiger partial charge in [0.05, 0.1) is 29.4 Å². The Balaban J connectivity index is 1.44. The standard InChI is InChI=1S/C29H38N6O5S/c1-18-30-27-22(17-25(33-29(36)19-10-11-19)32-28(27)35(18)26-9-5-7-15-40-26)31-21-13-12-20(24-8-4-6-14-39-24)16-23(21)34(2)41(3,37)38/h12-13,16-17,19,24,26H,4-11,14-15H2,1-3H3,(H2,31,32,33,36). The SMILES string of the molecule is Cc1nc2c(Nc3ccc(C4CCCCO4)cc3N(C)S(C)(=O)=O)cc(NC(=O)C3CC3)nc2n1C1CCCCO1. The molecule has 1 aliphatic carbocycles. The van der Waals surface area contributed by atoms with Gasteiger partial charge in [-0.2, -0.15) is 0 Å². The number of carbonyl (C=O) groups excluding carboxylic acids is 1. The van der Waals surface area contributed by atoms with Gasteiger partial charge in [-0.05, 0) is 76.0 Å². The van der Waals surface area contributed by atoms with E-state index in [2.05, 4.69) is 10.6 Å². The number of benzene rings is 1. The maximum Gasteiger partial charge on any atom is 0.232 e. The number of hydrogen-bond donors (Lipinski definition) is 2. The summed E-state index contributed by atoms with van der Waals surface area (Å²) >= 11 is 0. The lowest BCUT2D eigenvalue weighted by molar-refractivity contribution is -0.117. The largest absolute Gasteiger partial charge is 0.374 e. The Hall–Kier alpha value is -3.22. The smallest absolute Gasteiger partial charge is 0.232 e. The normalized spacial score (nSPS) is 21.5. The number of ether oxygens (including phenoxy) is 2. The molecule has 41 heavy (non-hydrogen) atoms. The highest BCUT2D eigenvalue weighted by atomic mass is 32.2. The van der Waals surface area contributed by atoms with Crippen molar-refractivity contribution in [3.63, 3.8) is 0 Å². The van der Waals surface area contributed by atoms with E-state index in [4.69, 9.17) is 19.4 Å². The summed E-state index contributed by atoms with van der Waals surface area (Å²) in [4.78, 5) is 22.4. The van der Waals surface area contributed by atoms with Crippen molar-refractivity contribution in [2.45, 2.75) is 70.6 Å². The molecule has 1 aromatic carbocycles. The van der Waals surface area contributed by atoms with Crippen LogP contribution in [-0.2, 0) is 24.3 Å². The zero-order valence-electron chi connectivity index (χ0n) is 23.9. The number of pyridine rings is 1. The van der Waals surface area contributed by atoms with Gasteiger partial charge in [-0.1, -0.05) is 6.07 Å². The average molecular weight is 583 g/mol. The second kappa shape index (κ2) is 11.2. The van der Waals surface area contributed by atoms with Crippen molar-refractivity contribution in [1.29, 1.82) is 0 Å². The van der Waals surface area contributed by atoms with Crippen LogP contribution in [0.2, 0.25) is 0 Å². The first-order chi connectivity index (χ1) is 19.7. The predicted octanol–water partition coefficient (Wildman–Crippen LogP) is 5.17. The van der Waals surface area contributed by atoms with E-state index in [1.807, 2.05) is 29.7 Å². The summed E-state index contributed by atoms with van der Waals surface area (Å²) in [5, 5.41) is 6.43. The minimum Gasteiger partial charge on any atom is -0.374 e. The molecule has 2 aliphatic heterocycles. The summed E-state index contributed by atoms with van der Waals surface area (Å²) in [7, 11) is -2.01. The average Bonchev–Trinajstić information content (AvgIpc) is 3.76. The van der Waals surface area contributed by atoms with Gasteiger partial charge in [-0.15, -0.1) is 0 Å². The van der Waals surface area contributed by atoms with Crippen molar-refractivity contribution < 1.29 is 22.7 Å². The first-order valence-corrected chi connectivity index (χ1v) is 16.3. The fourth-order valence-electron chi connectivity index (χ4n) is 5.62. The van der Waals surface area contributed by atoms with Gasteiger partial charge in [0.1, 0.15) is 23.4 Å². The third kappa shape index (κ3) is 5.91. The van der Waals surface area contributed by atoms with Crippen LogP contribution in [0.1, 0.15) is 75.1 Å². The Morgan fingerprint density at radius 2 is 1.76 bits per heavy atom. The first kappa shape index (κ1) is 27.9. The lowest BCUT2D eigenvalue weighted by atomic mass is 10.0. The third-order valence-electron chi connectivity index (χ3n) is 8.15. The molecule has 0 bridgehead atoms. The summed E-state index contributed by atoms with van der Waals surface area (Å²) < 4.78 is 40.7. The molecule has 3 aromatic rings. The van der Waals surface area contributed by atoms with E-state index in [-0.39, 0.29) is 24.2 Å². The number of fused-ring (bicyclic) bond motifs is 1. The van der Waals surface area contributed by atoms with E-state index in [9.17, 15) is 13.2 Å². The lowest BCUT2D eigenvalue weighted by Crippen LogP contribution is -2.26. The number of amides is 1. The topological polar surface area (TPSA) is 128 Å². The second-order valence-electron chi connectivity index (χ2n) is 11.3. The minimum absolute atomic E-state index is 0.0156. The van der Waals surface area contributed by atoms with E-state index in [0.29, 0.717) is 47.3 Å². The highest BCUT2D eigenvalue weighted by Gasteiger charge is 2.31. The number of anilines is 4. The molecule has 3 fully saturated rings. The van der Waals surface area contributed by atoms with Crippen LogP contribution < -0.4 is 14.9 Å². The molecule has 3 aliphatic rings. The van der Waals surface area contributed by atoms with Crippen LogP contribution in [0.15, 0.2) is 24.3 Å². The summed E-state index contributed by atoms with van der Waals surface area (Å²) in [5.74, 6) is 1.14. The number of nitrogens with one attached hydrogen (secondary N) is 2. The molecule has 12 heteroatoms. The molecule has 2 N–H and O–H groups in total. The highest BCUT2D eigenvalue weighted by Crippen LogP contribution is 2.39. The van der Waals surface area contributed by atoms with Crippen molar-refractivity contribution in [1.82, 2.24) is 14.5 Å². The van der Waals surface area contributed by atoms with Crippen LogP contribution in [-0.4, -0.2) is 55.4 Å². The maximum absolute atomic E-state index is 12.7. The molecule has 2 atom stereocenters. The molecular weight excluding hydrogens is 544 g/mol. The molecule has 2 saturated heterocycles. The van der Waals surface area contributed by atoms with E-state index >= 15 is 0 Å². The predicted molar refractivity (Wildman–Crippen MR) is 158 cm³/mol. The Morgan fingerprint density at radius 3 is 2.41 bits per heavy atom. The van der Waals surface area contributed by atoms with E-state index in [1.165, 1.54) is 10.6 Å². The fourth-order valence-corrected chi connectivity index (χ4v) is 6.13. The Bertz CT molecular complexity index is 1560. The van der Waals surface area contributed by atoms with Crippen LogP contribution in [0.25, 0.3) is 11.2 Å². The number of carbonyl (C=O) groups is 1. The van der Waals surface area contributed by atoms with Crippen LogP contribution in [0.4, 0.5) is 22.9 Å². The third-order valence-corrected chi connectivity index (χ3v) is 9.34. The number of imidazole rings is 1. The Morgan fingerprint density at radius 1 is 1.00 bits per heavy atom. The van der Waals surface area contributed by atoms with Crippen LogP contribution in [0.5, 0.6) is 0 Å². The molecule has 11 nitrogen and oxygen atoms in total. The molecule has 2 aromatic heterocycles. The number of rotatable bonds is 8. The molecular formula is C29H38N6O5S. The number of aromatic nitrogens is 3.